The van der Waals surface area contributed by atoms with Gasteiger partial charge in [0.2, 0.25) is 10.0 Å². The van der Waals surface area contributed by atoms with Gasteiger partial charge in [-0.25, -0.2) is 13.1 Å². The van der Waals surface area contributed by atoms with Crippen LogP contribution in [0.5, 0.6) is 0 Å². The van der Waals surface area contributed by atoms with Crippen molar-refractivity contribution in [3.05, 3.63) is 29.8 Å². The van der Waals surface area contributed by atoms with Crippen molar-refractivity contribution in [2.24, 2.45) is 5.73 Å². The average molecular weight is 313 g/mol. The summed E-state index contributed by atoms with van der Waals surface area (Å²) in [6.45, 7) is 1.74. The molecule has 110 valence electrons. The molecule has 0 radical (unpaired) electrons. The summed E-state index contributed by atoms with van der Waals surface area (Å²) in [5, 5.41) is 0. The first-order valence-corrected chi connectivity index (χ1v) is 8.38. The topological polar surface area (TPSA) is 75.4 Å². The van der Waals surface area contributed by atoms with E-state index in [2.05, 4.69) is 9.62 Å². The number of rotatable bonds is 4. The van der Waals surface area contributed by atoms with Gasteiger partial charge in [0.15, 0.2) is 0 Å². The highest BCUT2D eigenvalue weighted by Gasteiger charge is 2.23. The molecule has 1 aliphatic heterocycles. The Labute approximate surface area is 125 Å². The number of likely N-dealkylation sites (N-methyl/N-ethyl adjacent to an activating group) is 1. The van der Waals surface area contributed by atoms with E-state index >= 15 is 0 Å². The number of piperidine rings is 1. The molecule has 7 heteroatoms. The fraction of sp³-hybridized carbons (Fsp3) is 0.462. The van der Waals surface area contributed by atoms with Crippen molar-refractivity contribution in [2.75, 3.05) is 20.1 Å². The molecule has 1 aliphatic rings. The average Bonchev–Trinajstić information content (AvgIpc) is 2.38. The molecule has 1 heterocycles. The first kappa shape index (κ1) is 15.4. The van der Waals surface area contributed by atoms with Crippen molar-refractivity contribution < 1.29 is 8.42 Å². The van der Waals surface area contributed by atoms with Gasteiger partial charge in [-0.3, -0.25) is 0 Å². The predicted octanol–water partition coefficient (Wildman–Crippen LogP) is 0.693. The lowest BCUT2D eigenvalue weighted by molar-refractivity contribution is 0.242. The van der Waals surface area contributed by atoms with Gasteiger partial charge in [-0.2, -0.15) is 0 Å². The van der Waals surface area contributed by atoms with E-state index in [1.807, 2.05) is 7.05 Å². The molecule has 0 aromatic heterocycles. The zero-order chi connectivity index (χ0) is 14.8. The summed E-state index contributed by atoms with van der Waals surface area (Å²) in [4.78, 5) is 2.53. The summed E-state index contributed by atoms with van der Waals surface area (Å²) in [6.07, 6.45) is 1.86. The van der Waals surface area contributed by atoms with Gasteiger partial charge in [0.25, 0.3) is 0 Å². The van der Waals surface area contributed by atoms with Gasteiger partial charge < -0.3 is 10.6 Å². The van der Waals surface area contributed by atoms with E-state index in [0.717, 1.165) is 25.9 Å². The van der Waals surface area contributed by atoms with E-state index < -0.39 is 10.0 Å². The molecule has 20 heavy (non-hydrogen) atoms. The first-order chi connectivity index (χ1) is 9.38. The standard InChI is InChI=1S/C13H19N3O2S2/c1-16-7-3-5-11(9-16)15-20(17,18)12-6-2-4-10(8-12)13(14)19/h2,4,6,8,11,15H,3,5,7,9H2,1H3,(H2,14,19). The number of hydrogen-bond donors (Lipinski definition) is 2. The monoisotopic (exact) mass is 313 g/mol. The molecule has 1 atom stereocenters. The van der Waals surface area contributed by atoms with E-state index in [1.54, 1.807) is 18.2 Å². The molecule has 0 aliphatic carbocycles. The molecule has 0 amide bonds. The molecular weight excluding hydrogens is 294 g/mol. The van der Waals surface area contributed by atoms with Crippen molar-refractivity contribution in [1.29, 1.82) is 0 Å². The smallest absolute Gasteiger partial charge is 0.240 e. The molecule has 2 rings (SSSR count). The lowest BCUT2D eigenvalue weighted by Gasteiger charge is -2.30. The molecule has 1 unspecified atom stereocenters. The van der Waals surface area contributed by atoms with E-state index in [4.69, 9.17) is 18.0 Å². The fourth-order valence-corrected chi connectivity index (χ4v) is 3.80. The zero-order valence-corrected chi connectivity index (χ0v) is 13.0. The van der Waals surface area contributed by atoms with Gasteiger partial charge in [0.05, 0.1) is 4.90 Å². The lowest BCUT2D eigenvalue weighted by atomic mass is 10.1. The van der Waals surface area contributed by atoms with E-state index in [9.17, 15) is 8.42 Å². The third kappa shape index (κ3) is 3.76. The van der Waals surface area contributed by atoms with Gasteiger partial charge in [0.1, 0.15) is 4.99 Å². The Morgan fingerprint density at radius 3 is 2.90 bits per heavy atom. The van der Waals surface area contributed by atoms with Crippen molar-refractivity contribution in [3.8, 4) is 0 Å². The van der Waals surface area contributed by atoms with Gasteiger partial charge in [-0.05, 0) is 38.6 Å². The number of thiocarbonyl (C=S) groups is 1. The highest BCUT2D eigenvalue weighted by Crippen LogP contribution is 2.15. The maximum absolute atomic E-state index is 12.4. The molecule has 0 spiro atoms. The second kappa shape index (κ2) is 6.17. The maximum Gasteiger partial charge on any atom is 0.240 e. The van der Waals surface area contributed by atoms with Gasteiger partial charge in [-0.1, -0.05) is 24.4 Å². The molecular formula is C13H19N3O2S2. The Kier molecular flexibility index (Phi) is 4.74. The Morgan fingerprint density at radius 1 is 1.50 bits per heavy atom. The van der Waals surface area contributed by atoms with Crippen LogP contribution in [0.1, 0.15) is 18.4 Å². The van der Waals surface area contributed by atoms with Crippen LogP contribution in [0.3, 0.4) is 0 Å². The highest BCUT2D eigenvalue weighted by atomic mass is 32.2. The van der Waals surface area contributed by atoms with Crippen molar-refractivity contribution in [2.45, 2.75) is 23.8 Å². The number of likely N-dealkylation sites (tertiary alicyclic amines) is 1. The van der Waals surface area contributed by atoms with Crippen LogP contribution in [0, 0.1) is 0 Å². The van der Waals surface area contributed by atoms with Gasteiger partial charge >= 0.3 is 0 Å². The van der Waals surface area contributed by atoms with Gasteiger partial charge in [0, 0.05) is 18.2 Å². The Hall–Kier alpha value is -1.02. The lowest BCUT2D eigenvalue weighted by Crippen LogP contribution is -2.46. The SMILES string of the molecule is CN1CCCC(NS(=O)(=O)c2cccc(C(N)=S)c2)C1. The van der Waals surface area contributed by atoms with Crippen LogP contribution in [0.25, 0.3) is 0 Å². The molecule has 1 fully saturated rings. The van der Waals surface area contributed by atoms with Crippen LogP contribution in [0.2, 0.25) is 0 Å². The minimum atomic E-state index is -3.53. The van der Waals surface area contributed by atoms with Gasteiger partial charge in [-0.15, -0.1) is 0 Å². The molecule has 0 bridgehead atoms. The van der Waals surface area contributed by atoms with E-state index in [0.29, 0.717) is 5.56 Å². The number of nitrogens with two attached hydrogens (primary N) is 1. The van der Waals surface area contributed by atoms with E-state index in [-0.39, 0.29) is 15.9 Å². The first-order valence-electron chi connectivity index (χ1n) is 6.49. The third-order valence-electron chi connectivity index (χ3n) is 3.38. The Morgan fingerprint density at radius 2 is 2.25 bits per heavy atom. The summed E-state index contributed by atoms with van der Waals surface area (Å²) in [5.41, 5.74) is 6.10. The number of hydrogen-bond acceptors (Lipinski definition) is 4. The largest absolute Gasteiger partial charge is 0.389 e. The summed E-state index contributed by atoms with van der Waals surface area (Å²) in [6, 6.07) is 6.37. The fourth-order valence-electron chi connectivity index (χ4n) is 2.37. The third-order valence-corrected chi connectivity index (χ3v) is 5.13. The molecule has 1 saturated heterocycles. The number of benzene rings is 1. The number of nitrogens with one attached hydrogen (secondary N) is 1. The molecule has 1 aromatic carbocycles. The second-order valence-electron chi connectivity index (χ2n) is 5.11. The quantitative estimate of drug-likeness (QED) is 0.800. The summed E-state index contributed by atoms with van der Waals surface area (Å²) in [5.74, 6) is 0. The second-order valence-corrected chi connectivity index (χ2v) is 7.27. The van der Waals surface area contributed by atoms with Crippen molar-refractivity contribution in [1.82, 2.24) is 9.62 Å². The molecule has 3 N–H and O–H groups in total. The Bertz CT molecular complexity index is 601. The van der Waals surface area contributed by atoms with Crippen LogP contribution in [0.15, 0.2) is 29.2 Å². The van der Waals surface area contributed by atoms with E-state index in [1.165, 1.54) is 6.07 Å². The maximum atomic E-state index is 12.4. The number of nitrogens with zero attached hydrogens (tertiary/aromatic N) is 1. The number of sulfonamides is 1. The van der Waals surface area contributed by atoms with Crippen LogP contribution >= 0.6 is 12.2 Å². The summed E-state index contributed by atoms with van der Waals surface area (Å²) < 4.78 is 27.5. The van der Waals surface area contributed by atoms with Crippen LogP contribution in [-0.2, 0) is 10.0 Å². The molecule has 1 aromatic rings. The summed E-state index contributed by atoms with van der Waals surface area (Å²) >= 11 is 4.88. The predicted molar refractivity (Wildman–Crippen MR) is 83.2 cm³/mol. The van der Waals surface area contributed by atoms with Crippen LogP contribution in [-0.4, -0.2) is 44.5 Å². The van der Waals surface area contributed by atoms with Crippen molar-refractivity contribution in [3.63, 3.8) is 0 Å². The minimum Gasteiger partial charge on any atom is -0.389 e. The highest BCUT2D eigenvalue weighted by molar-refractivity contribution is 7.89. The van der Waals surface area contributed by atoms with Crippen molar-refractivity contribution >= 4 is 27.2 Å². The minimum absolute atomic E-state index is 0.0489. The molecule has 0 saturated carbocycles. The molecule has 5 nitrogen and oxygen atoms in total. The van der Waals surface area contributed by atoms with Crippen LogP contribution in [0.4, 0.5) is 0 Å². The summed E-state index contributed by atoms with van der Waals surface area (Å²) in [7, 11) is -1.54. The normalized spacial score (nSPS) is 20.8. The van der Waals surface area contributed by atoms with Crippen LogP contribution < -0.4 is 10.5 Å². The zero-order valence-electron chi connectivity index (χ0n) is 11.4. The Balaban J connectivity index is 2.17.